The normalized spacial score (nSPS) is 19.3. The van der Waals surface area contributed by atoms with Gasteiger partial charge in [0.25, 0.3) is 0 Å². The Morgan fingerprint density at radius 3 is 2.28 bits per heavy atom. The summed E-state index contributed by atoms with van der Waals surface area (Å²) in [5.74, 6) is -5.36. The summed E-state index contributed by atoms with van der Waals surface area (Å²) in [5.41, 5.74) is 0.510. The molecule has 2 aliphatic rings. The van der Waals surface area contributed by atoms with E-state index in [9.17, 15) is 27.6 Å². The van der Waals surface area contributed by atoms with Gasteiger partial charge < -0.3 is 30.3 Å². The molecule has 9 nitrogen and oxygen atoms in total. The quantitative estimate of drug-likeness (QED) is 0.368. The smallest absolute Gasteiger partial charge is 0.328 e. The number of aliphatic carboxylic acids is 2. The van der Waals surface area contributed by atoms with Crippen molar-refractivity contribution in [2.75, 3.05) is 20.3 Å². The van der Waals surface area contributed by atoms with Crippen molar-refractivity contribution in [3.8, 4) is 11.5 Å². The molecule has 2 fully saturated rings. The number of nitrogens with one attached hydrogen (secondary N) is 2. The van der Waals surface area contributed by atoms with Gasteiger partial charge >= 0.3 is 11.9 Å². The summed E-state index contributed by atoms with van der Waals surface area (Å²) in [6.07, 6.45) is 3.29. The predicted octanol–water partition coefficient (Wildman–Crippen LogP) is 3.12. The van der Waals surface area contributed by atoms with Crippen LogP contribution in [0.25, 0.3) is 0 Å². The number of hydrogen-bond acceptors (Lipinski definition) is 6. The number of methoxy groups -OCH3 is 1. The van der Waals surface area contributed by atoms with E-state index in [2.05, 4.69) is 10.6 Å². The van der Waals surface area contributed by atoms with E-state index < -0.39 is 23.7 Å². The number of hydrogen-bond donors (Lipinski definition) is 4. The van der Waals surface area contributed by atoms with Gasteiger partial charge in [0.15, 0.2) is 11.6 Å². The van der Waals surface area contributed by atoms with Gasteiger partial charge in [0.05, 0.1) is 19.8 Å². The van der Waals surface area contributed by atoms with Crippen LogP contribution in [0.2, 0.25) is 0 Å². The number of rotatable bonds is 9. The molecule has 1 saturated carbocycles. The molecule has 3 rings (SSSR count). The molecule has 1 amide bonds. The lowest BCUT2D eigenvalue weighted by Gasteiger charge is -2.28. The summed E-state index contributed by atoms with van der Waals surface area (Å²) < 4.78 is 51.8. The van der Waals surface area contributed by atoms with Gasteiger partial charge in [-0.2, -0.15) is 0 Å². The highest BCUT2D eigenvalue weighted by atomic mass is 19.3. The molecular weight excluding hydrogens is 485 g/mol. The van der Waals surface area contributed by atoms with Gasteiger partial charge in [-0.05, 0) is 44.2 Å². The first-order valence-corrected chi connectivity index (χ1v) is 11.5. The highest BCUT2D eigenvalue weighted by Crippen LogP contribution is 2.37. The summed E-state index contributed by atoms with van der Waals surface area (Å²) >= 11 is 0. The van der Waals surface area contributed by atoms with Crippen molar-refractivity contribution in [1.82, 2.24) is 10.6 Å². The largest absolute Gasteiger partial charge is 0.496 e. The van der Waals surface area contributed by atoms with E-state index in [1.807, 2.05) is 0 Å². The fourth-order valence-electron chi connectivity index (χ4n) is 3.85. The lowest BCUT2D eigenvalue weighted by molar-refractivity contribution is -0.134. The Hall–Kier alpha value is -3.28. The lowest BCUT2D eigenvalue weighted by Crippen LogP contribution is -2.40. The van der Waals surface area contributed by atoms with Crippen LogP contribution in [0.5, 0.6) is 11.5 Å². The molecule has 0 bridgehead atoms. The van der Waals surface area contributed by atoms with Crippen LogP contribution in [0, 0.1) is 11.7 Å². The maximum absolute atomic E-state index is 14.4. The third-order valence-corrected chi connectivity index (χ3v) is 5.84. The topological polar surface area (TPSA) is 134 Å². The molecule has 1 aromatic rings. The van der Waals surface area contributed by atoms with Crippen LogP contribution >= 0.6 is 0 Å². The molecule has 1 aromatic carbocycles. The molecule has 1 aliphatic heterocycles. The van der Waals surface area contributed by atoms with Crippen LogP contribution < -0.4 is 20.1 Å². The summed E-state index contributed by atoms with van der Waals surface area (Å²) in [6, 6.07) is 2.52. The van der Waals surface area contributed by atoms with Gasteiger partial charge in [-0.1, -0.05) is 0 Å². The average Bonchev–Trinajstić information content (AvgIpc) is 3.37. The second-order valence-electron chi connectivity index (χ2n) is 8.58. The van der Waals surface area contributed by atoms with Crippen LogP contribution in [0.1, 0.15) is 44.1 Å². The molecule has 0 radical (unpaired) electrons. The molecule has 1 atom stereocenters. The molecule has 36 heavy (non-hydrogen) atoms. The van der Waals surface area contributed by atoms with Gasteiger partial charge in [-0.15, -0.1) is 0 Å². The van der Waals surface area contributed by atoms with Crippen molar-refractivity contribution in [1.29, 1.82) is 0 Å². The lowest BCUT2D eigenvalue weighted by atomic mass is 9.87. The number of alkyl halides is 2. The monoisotopic (exact) mass is 516 g/mol. The molecule has 0 unspecified atom stereocenters. The van der Waals surface area contributed by atoms with E-state index in [4.69, 9.17) is 19.7 Å². The van der Waals surface area contributed by atoms with Gasteiger partial charge in [0, 0.05) is 43.2 Å². The highest BCUT2D eigenvalue weighted by Gasteiger charge is 2.35. The zero-order valence-electron chi connectivity index (χ0n) is 19.9. The van der Waals surface area contributed by atoms with Crippen molar-refractivity contribution in [3.05, 3.63) is 35.7 Å². The minimum Gasteiger partial charge on any atom is -0.496 e. The second-order valence-corrected chi connectivity index (χ2v) is 8.58. The van der Waals surface area contributed by atoms with E-state index in [1.165, 1.54) is 19.2 Å². The van der Waals surface area contributed by atoms with Crippen LogP contribution in [0.4, 0.5) is 13.2 Å². The zero-order chi connectivity index (χ0) is 26.7. The first-order chi connectivity index (χ1) is 17.0. The molecule has 0 aromatic heterocycles. The zero-order valence-corrected chi connectivity index (χ0v) is 19.9. The number of benzene rings is 1. The number of carboxylic acids is 2. The number of ether oxygens (including phenoxy) is 2. The summed E-state index contributed by atoms with van der Waals surface area (Å²) in [7, 11) is 1.46. The van der Waals surface area contributed by atoms with Gasteiger partial charge in [-0.25, -0.2) is 22.8 Å². The minimum absolute atomic E-state index is 0.0112. The minimum atomic E-state index is -2.59. The number of carboxylic acid groups (broad SMARTS) is 2. The Kier molecular flexibility index (Phi) is 11.0. The van der Waals surface area contributed by atoms with E-state index >= 15 is 0 Å². The van der Waals surface area contributed by atoms with Crippen LogP contribution in [0.15, 0.2) is 24.3 Å². The second kappa shape index (κ2) is 13.7. The van der Waals surface area contributed by atoms with Crippen molar-refractivity contribution >= 4 is 17.8 Å². The standard InChI is InChI=1S/C20H27F3N2O3.C4H4O4/c1-27-17-10-18(28-12-13-4-6-20(22,23)7-5-13)15(21)9-14(17)11-25-19(26)16-3-2-8-24-16;5-3(6)1-2-4(7)8/h9-10,13,16,24H,2-8,11-12H2,1H3,(H,25,26);1-2H,(H,5,6)(H,7,8)/b;2-1+/t16-;/m0./s1. The van der Waals surface area contributed by atoms with Gasteiger partial charge in [0.1, 0.15) is 5.75 Å². The molecule has 1 heterocycles. The molecule has 1 aliphatic carbocycles. The first-order valence-electron chi connectivity index (χ1n) is 11.5. The number of halogens is 3. The maximum atomic E-state index is 14.4. The molecular formula is C24H31F3N2O7. The third kappa shape index (κ3) is 9.76. The fourth-order valence-corrected chi connectivity index (χ4v) is 3.85. The van der Waals surface area contributed by atoms with Crippen LogP contribution in [0.3, 0.4) is 0 Å². The van der Waals surface area contributed by atoms with Crippen molar-refractivity contribution in [2.24, 2.45) is 5.92 Å². The first kappa shape index (κ1) is 29.0. The number of amides is 1. The maximum Gasteiger partial charge on any atom is 0.328 e. The van der Waals surface area contributed by atoms with Crippen LogP contribution in [-0.2, 0) is 20.9 Å². The van der Waals surface area contributed by atoms with Crippen LogP contribution in [-0.4, -0.2) is 60.3 Å². The van der Waals surface area contributed by atoms with Gasteiger partial charge in [0.2, 0.25) is 11.8 Å². The Balaban J connectivity index is 0.000000493. The Morgan fingerprint density at radius 1 is 1.11 bits per heavy atom. The summed E-state index contributed by atoms with van der Waals surface area (Å²) in [6.45, 7) is 1.16. The Bertz CT molecular complexity index is 924. The van der Waals surface area contributed by atoms with Crippen molar-refractivity contribution < 1.29 is 47.2 Å². The van der Waals surface area contributed by atoms with Crippen molar-refractivity contribution in [2.45, 2.75) is 57.0 Å². The van der Waals surface area contributed by atoms with E-state index in [1.54, 1.807) is 0 Å². The average molecular weight is 517 g/mol. The molecule has 12 heteroatoms. The SMILES string of the molecule is COc1cc(OCC2CCC(F)(F)CC2)c(F)cc1CNC(=O)[C@@H]1CCCN1.O=C(O)/C=C/C(=O)O. The van der Waals surface area contributed by atoms with Crippen molar-refractivity contribution in [3.63, 3.8) is 0 Å². The number of carbonyl (C=O) groups is 3. The third-order valence-electron chi connectivity index (χ3n) is 5.84. The van der Waals surface area contributed by atoms with E-state index in [-0.39, 0.29) is 49.6 Å². The fraction of sp³-hybridized carbons (Fsp3) is 0.542. The predicted molar refractivity (Wildman–Crippen MR) is 123 cm³/mol. The Morgan fingerprint density at radius 2 is 1.75 bits per heavy atom. The summed E-state index contributed by atoms with van der Waals surface area (Å²) in [5, 5.41) is 21.5. The van der Waals surface area contributed by atoms with E-state index in [0.29, 0.717) is 36.3 Å². The molecule has 4 N–H and O–H groups in total. The summed E-state index contributed by atoms with van der Waals surface area (Å²) in [4.78, 5) is 31.2. The Labute approximate surface area is 206 Å². The van der Waals surface area contributed by atoms with E-state index in [0.717, 1.165) is 19.4 Å². The molecule has 200 valence electrons. The number of carbonyl (C=O) groups excluding carboxylic acids is 1. The highest BCUT2D eigenvalue weighted by molar-refractivity contribution is 5.89. The van der Waals surface area contributed by atoms with Gasteiger partial charge in [-0.3, -0.25) is 4.79 Å². The molecule has 0 spiro atoms. The molecule has 1 saturated heterocycles.